The Labute approximate surface area is 139 Å². The van der Waals surface area contributed by atoms with Gasteiger partial charge in [-0.25, -0.2) is 0 Å². The highest BCUT2D eigenvalue weighted by Gasteiger charge is 2.12. The van der Waals surface area contributed by atoms with Crippen LogP contribution in [0.25, 0.3) is 21.9 Å². The fourth-order valence-corrected chi connectivity index (χ4v) is 3.35. The van der Waals surface area contributed by atoms with Crippen LogP contribution < -0.4 is 0 Å². The lowest BCUT2D eigenvalue weighted by atomic mass is 9.96. The lowest BCUT2D eigenvalue weighted by Crippen LogP contribution is -1.94. The molecule has 0 saturated heterocycles. The van der Waals surface area contributed by atoms with Crippen molar-refractivity contribution in [2.75, 3.05) is 5.75 Å². The van der Waals surface area contributed by atoms with Crippen molar-refractivity contribution in [1.29, 1.82) is 5.26 Å². The molecule has 0 aliphatic heterocycles. The molecule has 0 amide bonds. The number of benzene rings is 2. The van der Waals surface area contributed by atoms with Crippen molar-refractivity contribution in [2.24, 2.45) is 0 Å². The third-order valence-electron chi connectivity index (χ3n) is 3.55. The monoisotopic (exact) mass is 318 g/mol. The van der Waals surface area contributed by atoms with E-state index in [2.05, 4.69) is 11.1 Å². The van der Waals surface area contributed by atoms with E-state index in [1.807, 2.05) is 48.7 Å². The lowest BCUT2D eigenvalue weighted by Gasteiger charge is -2.12. The number of carbonyl (C=O) groups excluding carboxylic acids is 1. The Morgan fingerprint density at radius 3 is 2.65 bits per heavy atom. The molecule has 0 radical (unpaired) electrons. The minimum absolute atomic E-state index is 0.141. The summed E-state index contributed by atoms with van der Waals surface area (Å²) in [5.41, 5.74) is 2.67. The maximum Gasteiger partial charge on any atom is 0.140 e. The van der Waals surface area contributed by atoms with Crippen LogP contribution in [-0.4, -0.2) is 16.5 Å². The van der Waals surface area contributed by atoms with E-state index in [1.54, 1.807) is 13.1 Å². The van der Waals surface area contributed by atoms with E-state index in [0.29, 0.717) is 11.3 Å². The number of aromatic nitrogens is 1. The fourth-order valence-electron chi connectivity index (χ4n) is 2.52. The summed E-state index contributed by atoms with van der Waals surface area (Å²) in [6.45, 7) is 1.59. The van der Waals surface area contributed by atoms with Gasteiger partial charge in [0.15, 0.2) is 0 Å². The van der Waals surface area contributed by atoms with Crippen molar-refractivity contribution in [2.45, 2.75) is 11.8 Å². The van der Waals surface area contributed by atoms with E-state index in [1.165, 1.54) is 11.8 Å². The van der Waals surface area contributed by atoms with Crippen molar-refractivity contribution in [1.82, 2.24) is 4.98 Å². The average molecular weight is 318 g/mol. The van der Waals surface area contributed by atoms with Crippen LogP contribution in [0.1, 0.15) is 12.5 Å². The molecule has 0 aliphatic carbocycles. The van der Waals surface area contributed by atoms with Gasteiger partial charge >= 0.3 is 0 Å². The third-order valence-corrected chi connectivity index (χ3v) is 4.76. The van der Waals surface area contributed by atoms with Crippen molar-refractivity contribution < 1.29 is 4.79 Å². The molecule has 0 aliphatic rings. The van der Waals surface area contributed by atoms with Gasteiger partial charge < -0.3 is 0 Å². The van der Waals surface area contributed by atoms with Gasteiger partial charge in [-0.3, -0.25) is 9.78 Å². The standard InChI is InChI=1S/C19H14N2OS/c1-13(22)12-23-19-8-9-21-11-18(19)17-7-6-14(10-20)15-4-2-3-5-16(15)17/h2-9,11H,12H2,1H3. The van der Waals surface area contributed by atoms with Gasteiger partial charge in [0.05, 0.1) is 17.4 Å². The number of nitrogens with zero attached hydrogens (tertiary/aromatic N) is 2. The smallest absolute Gasteiger partial charge is 0.140 e. The number of hydrogen-bond donors (Lipinski definition) is 0. The number of nitriles is 1. The first kappa shape index (κ1) is 15.3. The molecule has 23 heavy (non-hydrogen) atoms. The van der Waals surface area contributed by atoms with E-state index in [4.69, 9.17) is 0 Å². The van der Waals surface area contributed by atoms with E-state index in [-0.39, 0.29) is 5.78 Å². The van der Waals surface area contributed by atoms with Gasteiger partial charge in [-0.15, -0.1) is 11.8 Å². The molecule has 0 fully saturated rings. The molecule has 3 rings (SSSR count). The number of thioether (sulfide) groups is 1. The van der Waals surface area contributed by atoms with Crippen molar-refractivity contribution in [3.8, 4) is 17.2 Å². The SMILES string of the molecule is CC(=O)CSc1ccncc1-c1ccc(C#N)c2ccccc12. The zero-order valence-corrected chi connectivity index (χ0v) is 13.4. The second kappa shape index (κ2) is 6.64. The summed E-state index contributed by atoms with van der Waals surface area (Å²) in [5, 5.41) is 11.2. The van der Waals surface area contributed by atoms with Crippen LogP contribution in [0.3, 0.4) is 0 Å². The van der Waals surface area contributed by atoms with Crippen LogP contribution in [0.5, 0.6) is 0 Å². The molecule has 0 spiro atoms. The molecule has 1 aromatic heterocycles. The van der Waals surface area contributed by atoms with Gasteiger partial charge in [0.1, 0.15) is 5.78 Å². The zero-order chi connectivity index (χ0) is 16.2. The molecule has 2 aromatic carbocycles. The maximum absolute atomic E-state index is 11.3. The second-order valence-corrected chi connectivity index (χ2v) is 6.20. The van der Waals surface area contributed by atoms with Crippen LogP contribution >= 0.6 is 11.8 Å². The van der Waals surface area contributed by atoms with Gasteiger partial charge in [0.2, 0.25) is 0 Å². The zero-order valence-electron chi connectivity index (χ0n) is 12.6. The summed E-state index contributed by atoms with van der Waals surface area (Å²) < 4.78 is 0. The number of rotatable bonds is 4. The van der Waals surface area contributed by atoms with Gasteiger partial charge in [0.25, 0.3) is 0 Å². The van der Waals surface area contributed by atoms with Crippen molar-refractivity contribution >= 4 is 28.3 Å². The van der Waals surface area contributed by atoms with Crippen LogP contribution in [-0.2, 0) is 4.79 Å². The van der Waals surface area contributed by atoms with Gasteiger partial charge in [-0.1, -0.05) is 30.3 Å². The molecular weight excluding hydrogens is 304 g/mol. The first-order valence-electron chi connectivity index (χ1n) is 7.19. The number of ketones is 1. The number of Topliss-reactive ketones (excluding diaryl/α,β-unsaturated/α-hetero) is 1. The molecule has 0 bridgehead atoms. The molecule has 0 N–H and O–H groups in total. The molecule has 3 aromatic rings. The molecule has 4 heteroatoms. The average Bonchev–Trinajstić information content (AvgIpc) is 2.59. The normalized spacial score (nSPS) is 10.4. The van der Waals surface area contributed by atoms with Gasteiger partial charge in [0, 0.05) is 28.2 Å². The van der Waals surface area contributed by atoms with Crippen LogP contribution in [0.4, 0.5) is 0 Å². The van der Waals surface area contributed by atoms with E-state index in [9.17, 15) is 10.1 Å². The molecule has 0 saturated carbocycles. The predicted octanol–water partition coefficient (Wildman–Crippen LogP) is 4.45. The van der Waals surface area contributed by atoms with Crippen molar-refractivity contribution in [3.05, 3.63) is 60.4 Å². The molecule has 0 atom stereocenters. The third kappa shape index (κ3) is 3.10. The molecule has 3 nitrogen and oxygen atoms in total. The minimum Gasteiger partial charge on any atom is -0.299 e. The molecule has 1 heterocycles. The van der Waals surface area contributed by atoms with Gasteiger partial charge in [-0.2, -0.15) is 5.26 Å². The van der Waals surface area contributed by atoms with Crippen molar-refractivity contribution in [3.63, 3.8) is 0 Å². The summed E-state index contributed by atoms with van der Waals surface area (Å²) in [6.07, 6.45) is 3.55. The summed E-state index contributed by atoms with van der Waals surface area (Å²) in [6, 6.07) is 15.8. The molecule has 0 unspecified atom stereocenters. The Morgan fingerprint density at radius 1 is 1.13 bits per heavy atom. The van der Waals surface area contributed by atoms with Gasteiger partial charge in [-0.05, 0) is 30.0 Å². The summed E-state index contributed by atoms with van der Waals surface area (Å²) in [4.78, 5) is 16.5. The summed E-state index contributed by atoms with van der Waals surface area (Å²) in [7, 11) is 0. The van der Waals surface area contributed by atoms with Crippen LogP contribution in [0.15, 0.2) is 59.8 Å². The largest absolute Gasteiger partial charge is 0.299 e. The van der Waals surface area contributed by atoms with E-state index < -0.39 is 0 Å². The summed E-state index contributed by atoms with van der Waals surface area (Å²) in [5.74, 6) is 0.577. The fraction of sp³-hybridized carbons (Fsp3) is 0.105. The van der Waals surface area contributed by atoms with Crippen LogP contribution in [0.2, 0.25) is 0 Å². The number of hydrogen-bond acceptors (Lipinski definition) is 4. The van der Waals surface area contributed by atoms with E-state index in [0.717, 1.165) is 26.8 Å². The van der Waals surface area contributed by atoms with Crippen LogP contribution in [0, 0.1) is 11.3 Å². The highest BCUT2D eigenvalue weighted by atomic mass is 32.2. The minimum atomic E-state index is 0.141. The lowest BCUT2D eigenvalue weighted by molar-refractivity contribution is -0.114. The molecule has 112 valence electrons. The summed E-state index contributed by atoms with van der Waals surface area (Å²) >= 11 is 1.51. The quantitative estimate of drug-likeness (QED) is 0.667. The Hall–Kier alpha value is -2.64. The number of fused-ring (bicyclic) bond motifs is 1. The topological polar surface area (TPSA) is 53.8 Å². The highest BCUT2D eigenvalue weighted by Crippen LogP contribution is 2.36. The maximum atomic E-state index is 11.3. The number of pyridine rings is 1. The number of carbonyl (C=O) groups is 1. The Bertz CT molecular complexity index is 928. The highest BCUT2D eigenvalue weighted by molar-refractivity contribution is 8.00. The molecular formula is C19H14N2OS. The van der Waals surface area contributed by atoms with E-state index >= 15 is 0 Å². The first-order valence-corrected chi connectivity index (χ1v) is 8.17. The Kier molecular flexibility index (Phi) is 4.40. The Balaban J connectivity index is 2.19. The second-order valence-electron chi connectivity index (χ2n) is 5.18. The predicted molar refractivity (Wildman–Crippen MR) is 93.3 cm³/mol. The first-order chi connectivity index (χ1) is 11.2. The Morgan fingerprint density at radius 2 is 1.91 bits per heavy atom.